The number of hydrogen-bond acceptors (Lipinski definition) is 0. The number of hydrogen-bond donors (Lipinski definition) is 0. The molecule has 0 aromatic rings. The van der Waals surface area contributed by atoms with Crippen molar-refractivity contribution in [2.24, 2.45) is 0 Å². The lowest BCUT2D eigenvalue weighted by atomic mass is 10.1. The first-order valence-corrected chi connectivity index (χ1v) is 5.73. The smallest absolute Gasteiger partial charge is 0.0320 e. The zero-order valence-corrected chi connectivity index (χ0v) is 10.3. The molecule has 0 bridgehead atoms. The van der Waals surface area contributed by atoms with Gasteiger partial charge in [0.25, 0.3) is 0 Å². The van der Waals surface area contributed by atoms with Crippen LogP contribution >= 0.6 is 0 Å². The molecule has 81 valence electrons. The van der Waals surface area contributed by atoms with Gasteiger partial charge < -0.3 is 0 Å². The van der Waals surface area contributed by atoms with Gasteiger partial charge in [0.2, 0.25) is 0 Å². The van der Waals surface area contributed by atoms with Crippen LogP contribution in [0.5, 0.6) is 0 Å². The second-order valence-corrected chi connectivity index (χ2v) is 4.17. The fourth-order valence-electron chi connectivity index (χ4n) is 1.27. The molecule has 14 heavy (non-hydrogen) atoms. The van der Waals surface area contributed by atoms with E-state index in [-0.39, 0.29) is 0 Å². The van der Waals surface area contributed by atoms with E-state index in [4.69, 9.17) is 0 Å². The molecule has 1 radical (unpaired) electrons. The molecule has 0 unspecified atom stereocenters. The average molecular weight is 193 g/mol. The monoisotopic (exact) mass is 193 g/mol. The highest BCUT2D eigenvalue weighted by atomic mass is 14.0. The minimum absolute atomic E-state index is 1.24. The molecule has 0 amide bonds. The van der Waals surface area contributed by atoms with Crippen molar-refractivity contribution in [3.8, 4) is 0 Å². The van der Waals surface area contributed by atoms with Gasteiger partial charge in [-0.3, -0.25) is 0 Å². The molecule has 0 aliphatic heterocycles. The summed E-state index contributed by atoms with van der Waals surface area (Å²) in [6.07, 6.45) is 13.2. The Balaban J connectivity index is 3.19. The minimum Gasteiger partial charge on any atom is -0.0887 e. The third kappa shape index (κ3) is 9.57. The lowest BCUT2D eigenvalue weighted by molar-refractivity contribution is 0.767. The molecule has 0 nitrogen and oxygen atoms in total. The molecule has 0 saturated carbocycles. The normalized spacial score (nSPS) is 11.6. The van der Waals surface area contributed by atoms with Crippen LogP contribution in [0.4, 0.5) is 0 Å². The van der Waals surface area contributed by atoms with Crippen LogP contribution < -0.4 is 0 Å². The summed E-state index contributed by atoms with van der Waals surface area (Å²) in [7, 11) is 0. The van der Waals surface area contributed by atoms with E-state index in [1.165, 1.54) is 43.3 Å². The molecule has 0 spiro atoms. The first kappa shape index (κ1) is 13.5. The standard InChI is InChI=1S/C14H25/c1-5-14(4)12-10-8-6-7-9-11-13(2)3/h5,8,11H,6-7,9-10,12H2,1-4H3. The van der Waals surface area contributed by atoms with Gasteiger partial charge in [0.15, 0.2) is 0 Å². The van der Waals surface area contributed by atoms with Crippen LogP contribution in [0.3, 0.4) is 0 Å². The Kier molecular flexibility index (Phi) is 8.72. The second-order valence-electron chi connectivity index (χ2n) is 4.17. The summed E-state index contributed by atoms with van der Waals surface area (Å²) >= 11 is 0. The molecule has 0 heterocycles. The summed E-state index contributed by atoms with van der Waals surface area (Å²) in [4.78, 5) is 0. The molecule has 0 aliphatic carbocycles. The largest absolute Gasteiger partial charge is 0.0887 e. The predicted molar refractivity (Wildman–Crippen MR) is 66.2 cm³/mol. The van der Waals surface area contributed by atoms with Crippen LogP contribution in [0.25, 0.3) is 0 Å². The van der Waals surface area contributed by atoms with Gasteiger partial charge in [0.1, 0.15) is 0 Å². The molecule has 0 saturated heterocycles. The maximum absolute atomic E-state index is 2.42. The first-order chi connectivity index (χ1) is 6.66. The zero-order chi connectivity index (χ0) is 10.8. The van der Waals surface area contributed by atoms with Gasteiger partial charge in [0, 0.05) is 0 Å². The maximum atomic E-state index is 2.42. The number of unbranched alkanes of at least 4 members (excludes halogenated alkanes) is 4. The highest BCUT2D eigenvalue weighted by Gasteiger charge is 1.91. The quantitative estimate of drug-likeness (QED) is 0.391. The minimum atomic E-state index is 1.24. The SMILES string of the molecule is CC=C(C)CC[CH]CCCC=C(C)C. The van der Waals surface area contributed by atoms with E-state index in [2.05, 4.69) is 46.3 Å². The topological polar surface area (TPSA) is 0 Å². The van der Waals surface area contributed by atoms with Gasteiger partial charge >= 0.3 is 0 Å². The zero-order valence-electron chi connectivity index (χ0n) is 10.3. The highest BCUT2D eigenvalue weighted by molar-refractivity contribution is 4.96. The van der Waals surface area contributed by atoms with Gasteiger partial charge in [-0.1, -0.05) is 23.3 Å². The van der Waals surface area contributed by atoms with E-state index >= 15 is 0 Å². The van der Waals surface area contributed by atoms with Crippen molar-refractivity contribution in [1.29, 1.82) is 0 Å². The highest BCUT2D eigenvalue weighted by Crippen LogP contribution is 2.10. The summed E-state index contributed by atoms with van der Waals surface area (Å²) in [5.41, 5.74) is 2.94. The summed E-state index contributed by atoms with van der Waals surface area (Å²) in [5, 5.41) is 0. The van der Waals surface area contributed by atoms with Crippen LogP contribution in [-0.2, 0) is 0 Å². The van der Waals surface area contributed by atoms with Crippen molar-refractivity contribution < 1.29 is 0 Å². The van der Waals surface area contributed by atoms with Crippen molar-refractivity contribution in [3.05, 3.63) is 29.7 Å². The van der Waals surface area contributed by atoms with Crippen LogP contribution in [-0.4, -0.2) is 0 Å². The van der Waals surface area contributed by atoms with Crippen molar-refractivity contribution in [2.75, 3.05) is 0 Å². The number of rotatable bonds is 7. The second kappa shape index (κ2) is 9.05. The molecule has 0 aromatic carbocycles. The van der Waals surface area contributed by atoms with Crippen molar-refractivity contribution in [3.63, 3.8) is 0 Å². The van der Waals surface area contributed by atoms with Gasteiger partial charge in [-0.15, -0.1) is 0 Å². The van der Waals surface area contributed by atoms with Crippen molar-refractivity contribution >= 4 is 0 Å². The van der Waals surface area contributed by atoms with Crippen molar-refractivity contribution in [2.45, 2.75) is 59.8 Å². The Morgan fingerprint density at radius 1 is 1.00 bits per heavy atom. The van der Waals surface area contributed by atoms with E-state index in [1.54, 1.807) is 0 Å². The molecule has 0 heteroatoms. The third-order valence-corrected chi connectivity index (χ3v) is 2.40. The predicted octanol–water partition coefficient (Wildman–Crippen LogP) is 5.07. The first-order valence-electron chi connectivity index (χ1n) is 5.73. The lowest BCUT2D eigenvalue weighted by Gasteiger charge is -2.00. The molecule has 0 aliphatic rings. The summed E-state index contributed by atoms with van der Waals surface area (Å²) in [5.74, 6) is 0. The van der Waals surface area contributed by atoms with E-state index in [9.17, 15) is 0 Å². The van der Waals surface area contributed by atoms with Crippen LogP contribution in [0, 0.1) is 6.42 Å². The molecular formula is C14H25. The number of allylic oxidation sites excluding steroid dienone is 4. The average Bonchev–Trinajstić information content (AvgIpc) is 2.15. The molecule has 0 rings (SSSR count). The Morgan fingerprint density at radius 3 is 2.29 bits per heavy atom. The lowest BCUT2D eigenvalue weighted by Crippen LogP contribution is -1.81. The Bertz CT molecular complexity index is 180. The van der Waals surface area contributed by atoms with Gasteiger partial charge in [-0.2, -0.15) is 0 Å². The Labute approximate surface area is 90.1 Å². The van der Waals surface area contributed by atoms with Crippen LogP contribution in [0.1, 0.15) is 59.8 Å². The fraction of sp³-hybridized carbons (Fsp3) is 0.643. The van der Waals surface area contributed by atoms with E-state index in [0.717, 1.165) is 0 Å². The van der Waals surface area contributed by atoms with Gasteiger partial charge in [0.05, 0.1) is 0 Å². The third-order valence-electron chi connectivity index (χ3n) is 2.40. The summed E-state index contributed by atoms with van der Waals surface area (Å²) in [6, 6.07) is 0. The summed E-state index contributed by atoms with van der Waals surface area (Å²) < 4.78 is 0. The van der Waals surface area contributed by atoms with E-state index in [0.29, 0.717) is 0 Å². The van der Waals surface area contributed by atoms with Crippen molar-refractivity contribution in [1.82, 2.24) is 0 Å². The molecule has 0 aromatic heterocycles. The molecular weight excluding hydrogens is 168 g/mol. The molecule has 0 atom stereocenters. The Morgan fingerprint density at radius 2 is 1.71 bits per heavy atom. The maximum Gasteiger partial charge on any atom is -0.0320 e. The van der Waals surface area contributed by atoms with Gasteiger partial charge in [-0.05, 0) is 66.2 Å². The van der Waals surface area contributed by atoms with Gasteiger partial charge in [-0.25, -0.2) is 0 Å². The van der Waals surface area contributed by atoms with E-state index in [1.807, 2.05) is 0 Å². The van der Waals surface area contributed by atoms with Crippen LogP contribution in [0.2, 0.25) is 0 Å². The molecule has 0 fully saturated rings. The Hall–Kier alpha value is -0.520. The summed E-state index contributed by atoms with van der Waals surface area (Å²) in [6.45, 7) is 8.65. The van der Waals surface area contributed by atoms with Crippen LogP contribution in [0.15, 0.2) is 23.3 Å². The fourth-order valence-corrected chi connectivity index (χ4v) is 1.27. The molecule has 0 N–H and O–H groups in total. The van der Waals surface area contributed by atoms with E-state index < -0.39 is 0 Å².